The van der Waals surface area contributed by atoms with Crippen LogP contribution in [0.4, 0.5) is 5.69 Å². The molecular formula is C13H11BN2O2. The SMILES string of the molecule is OB1c2ccc(O)cc2C=NN1c1ccccc1. The zero-order valence-electron chi connectivity index (χ0n) is 9.56. The summed E-state index contributed by atoms with van der Waals surface area (Å²) >= 11 is 0. The number of benzene rings is 2. The Labute approximate surface area is 105 Å². The highest BCUT2D eigenvalue weighted by atomic mass is 16.3. The number of para-hydroxylation sites is 1. The van der Waals surface area contributed by atoms with Gasteiger partial charge in [0, 0.05) is 5.69 Å². The van der Waals surface area contributed by atoms with Crippen LogP contribution in [0.2, 0.25) is 0 Å². The van der Waals surface area contributed by atoms with E-state index in [1.54, 1.807) is 29.3 Å². The van der Waals surface area contributed by atoms with E-state index in [0.717, 1.165) is 16.7 Å². The summed E-state index contributed by atoms with van der Waals surface area (Å²) in [5.41, 5.74) is 2.28. The smallest absolute Gasteiger partial charge is 0.471 e. The van der Waals surface area contributed by atoms with E-state index in [9.17, 15) is 10.1 Å². The van der Waals surface area contributed by atoms with Gasteiger partial charge in [-0.1, -0.05) is 24.3 Å². The van der Waals surface area contributed by atoms with Crippen molar-refractivity contribution in [2.45, 2.75) is 0 Å². The first-order valence-electron chi connectivity index (χ1n) is 5.65. The van der Waals surface area contributed by atoms with Crippen LogP contribution in [0.5, 0.6) is 5.75 Å². The van der Waals surface area contributed by atoms with E-state index in [1.807, 2.05) is 30.3 Å². The van der Waals surface area contributed by atoms with E-state index in [1.165, 1.54) is 0 Å². The van der Waals surface area contributed by atoms with Crippen molar-refractivity contribution in [2.75, 3.05) is 4.92 Å². The van der Waals surface area contributed by atoms with Crippen LogP contribution in [-0.4, -0.2) is 23.4 Å². The van der Waals surface area contributed by atoms with Crippen LogP contribution in [0.15, 0.2) is 53.6 Å². The lowest BCUT2D eigenvalue weighted by Gasteiger charge is -2.26. The minimum absolute atomic E-state index is 0.167. The maximum Gasteiger partial charge on any atom is 0.471 e. The van der Waals surface area contributed by atoms with E-state index in [2.05, 4.69) is 5.10 Å². The zero-order chi connectivity index (χ0) is 12.5. The van der Waals surface area contributed by atoms with Gasteiger partial charge in [0.25, 0.3) is 0 Å². The second-order valence-electron chi connectivity index (χ2n) is 4.11. The first kappa shape index (κ1) is 10.9. The lowest BCUT2D eigenvalue weighted by molar-refractivity contribution is 0.475. The molecule has 2 aromatic carbocycles. The number of hydrogen-bond donors (Lipinski definition) is 2. The van der Waals surface area contributed by atoms with Gasteiger partial charge in [-0.3, -0.25) is 4.92 Å². The van der Waals surface area contributed by atoms with Crippen molar-refractivity contribution in [1.29, 1.82) is 0 Å². The molecule has 2 N–H and O–H groups in total. The Kier molecular flexibility index (Phi) is 2.53. The highest BCUT2D eigenvalue weighted by Gasteiger charge is 2.29. The molecule has 0 fully saturated rings. The highest BCUT2D eigenvalue weighted by Crippen LogP contribution is 2.19. The normalized spacial score (nSPS) is 13.6. The summed E-state index contributed by atoms with van der Waals surface area (Å²) in [4.78, 5) is 1.54. The Morgan fingerprint density at radius 2 is 1.83 bits per heavy atom. The molecular weight excluding hydrogens is 227 g/mol. The van der Waals surface area contributed by atoms with Crippen molar-refractivity contribution in [3.8, 4) is 5.75 Å². The molecule has 0 radical (unpaired) electrons. The van der Waals surface area contributed by atoms with Crippen molar-refractivity contribution in [2.24, 2.45) is 5.10 Å². The van der Waals surface area contributed by atoms with Crippen LogP contribution in [0.3, 0.4) is 0 Å². The Balaban J connectivity index is 2.03. The van der Waals surface area contributed by atoms with E-state index >= 15 is 0 Å². The maximum absolute atomic E-state index is 10.3. The number of rotatable bonds is 1. The number of hydrogen-bond acceptors (Lipinski definition) is 4. The first-order valence-corrected chi connectivity index (χ1v) is 5.65. The van der Waals surface area contributed by atoms with Gasteiger partial charge in [-0.15, -0.1) is 0 Å². The molecule has 88 valence electrons. The molecule has 1 aliphatic rings. The summed E-state index contributed by atoms with van der Waals surface area (Å²) in [6.07, 6.45) is 1.63. The van der Waals surface area contributed by atoms with Crippen LogP contribution in [0.1, 0.15) is 5.56 Å². The largest absolute Gasteiger partial charge is 0.508 e. The second kappa shape index (κ2) is 4.20. The third kappa shape index (κ3) is 1.74. The molecule has 18 heavy (non-hydrogen) atoms. The zero-order valence-corrected chi connectivity index (χ0v) is 9.56. The molecule has 2 aromatic rings. The minimum Gasteiger partial charge on any atom is -0.508 e. The third-order valence-electron chi connectivity index (χ3n) is 2.92. The van der Waals surface area contributed by atoms with E-state index < -0.39 is 7.05 Å². The quantitative estimate of drug-likeness (QED) is 0.726. The predicted molar refractivity (Wildman–Crippen MR) is 72.2 cm³/mol. The van der Waals surface area contributed by atoms with Crippen LogP contribution in [-0.2, 0) is 0 Å². The van der Waals surface area contributed by atoms with Gasteiger partial charge in [0.1, 0.15) is 5.75 Å². The molecule has 0 atom stereocenters. The monoisotopic (exact) mass is 238 g/mol. The minimum atomic E-state index is -0.840. The number of hydrazone groups is 1. The van der Waals surface area contributed by atoms with Crippen LogP contribution in [0.25, 0.3) is 0 Å². The average Bonchev–Trinajstić information content (AvgIpc) is 2.40. The molecule has 0 saturated heterocycles. The summed E-state index contributed by atoms with van der Waals surface area (Å²) in [5, 5.41) is 23.9. The van der Waals surface area contributed by atoms with Gasteiger partial charge in [-0.2, -0.15) is 5.10 Å². The number of phenolic OH excluding ortho intramolecular Hbond substituents is 1. The molecule has 4 nitrogen and oxygen atoms in total. The van der Waals surface area contributed by atoms with Gasteiger partial charge in [0.15, 0.2) is 0 Å². The van der Waals surface area contributed by atoms with Crippen molar-refractivity contribution < 1.29 is 10.1 Å². The summed E-state index contributed by atoms with van der Waals surface area (Å²) in [5.74, 6) is 0.167. The molecule has 0 aromatic heterocycles. The molecule has 1 heterocycles. The fraction of sp³-hybridized carbons (Fsp3) is 0. The van der Waals surface area contributed by atoms with Crippen molar-refractivity contribution >= 4 is 24.4 Å². The van der Waals surface area contributed by atoms with Gasteiger partial charge in [0.05, 0.1) is 6.21 Å². The number of fused-ring (bicyclic) bond motifs is 1. The van der Waals surface area contributed by atoms with E-state index in [-0.39, 0.29) is 5.75 Å². The molecule has 0 amide bonds. The highest BCUT2D eigenvalue weighted by molar-refractivity contribution is 6.71. The van der Waals surface area contributed by atoms with Crippen LogP contribution >= 0.6 is 0 Å². The van der Waals surface area contributed by atoms with Gasteiger partial charge in [-0.05, 0) is 35.3 Å². The molecule has 0 aliphatic carbocycles. The van der Waals surface area contributed by atoms with E-state index in [0.29, 0.717) is 0 Å². The van der Waals surface area contributed by atoms with E-state index in [4.69, 9.17) is 0 Å². The third-order valence-corrected chi connectivity index (χ3v) is 2.92. The molecule has 0 saturated carbocycles. The van der Waals surface area contributed by atoms with Gasteiger partial charge >= 0.3 is 7.05 Å². The summed E-state index contributed by atoms with van der Waals surface area (Å²) in [6, 6.07) is 14.3. The molecule has 5 heteroatoms. The predicted octanol–water partition coefficient (Wildman–Crippen LogP) is 0.934. The average molecular weight is 238 g/mol. The number of phenols is 1. The Bertz CT molecular complexity index is 601. The van der Waals surface area contributed by atoms with Gasteiger partial charge in [0.2, 0.25) is 0 Å². The number of anilines is 1. The standard InChI is InChI=1S/C13H11BN2O2/c17-12-6-7-13-10(8-12)9-15-16(14(13)18)11-4-2-1-3-5-11/h1-9,17-18H. The molecule has 0 bridgehead atoms. The fourth-order valence-corrected chi connectivity index (χ4v) is 2.02. The van der Waals surface area contributed by atoms with Crippen molar-refractivity contribution in [3.05, 3.63) is 54.1 Å². The Morgan fingerprint density at radius 3 is 2.61 bits per heavy atom. The van der Waals surface area contributed by atoms with Gasteiger partial charge in [-0.25, -0.2) is 0 Å². The number of aromatic hydroxyl groups is 1. The fourth-order valence-electron chi connectivity index (χ4n) is 2.02. The maximum atomic E-state index is 10.3. The lowest BCUT2D eigenvalue weighted by Crippen LogP contribution is -2.50. The first-order chi connectivity index (χ1) is 8.75. The second-order valence-corrected chi connectivity index (χ2v) is 4.11. The summed E-state index contributed by atoms with van der Waals surface area (Å²) < 4.78 is 0. The van der Waals surface area contributed by atoms with Crippen LogP contribution < -0.4 is 10.4 Å². The topological polar surface area (TPSA) is 56.1 Å². The molecule has 0 spiro atoms. The molecule has 1 aliphatic heterocycles. The lowest BCUT2D eigenvalue weighted by atomic mass is 9.69. The Morgan fingerprint density at radius 1 is 1.06 bits per heavy atom. The molecule has 0 unspecified atom stereocenters. The van der Waals surface area contributed by atoms with Gasteiger partial charge < -0.3 is 10.1 Å². The summed E-state index contributed by atoms with van der Waals surface area (Å²) in [6.45, 7) is 0. The van der Waals surface area contributed by atoms with Crippen molar-refractivity contribution in [1.82, 2.24) is 0 Å². The molecule has 3 rings (SSSR count). The van der Waals surface area contributed by atoms with Crippen LogP contribution in [0, 0.1) is 0 Å². The number of nitrogens with zero attached hydrogens (tertiary/aromatic N) is 2. The Hall–Kier alpha value is -2.27. The van der Waals surface area contributed by atoms with Crippen molar-refractivity contribution in [3.63, 3.8) is 0 Å². The summed E-state index contributed by atoms with van der Waals surface area (Å²) in [7, 11) is -0.840.